The van der Waals surface area contributed by atoms with Crippen LogP contribution < -0.4 is 9.47 Å². The molecular formula is C46H46O6S2. The molecule has 0 unspecified atom stereocenters. The Morgan fingerprint density at radius 2 is 0.778 bits per heavy atom. The number of aryl methyl sites for hydroxylation is 1. The van der Waals surface area contributed by atoms with Gasteiger partial charge in [-0.05, 0) is 146 Å². The normalized spacial score (nSPS) is 12.3. The van der Waals surface area contributed by atoms with Crippen LogP contribution in [0.1, 0.15) is 64.2 Å². The summed E-state index contributed by atoms with van der Waals surface area (Å²) in [5, 5.41) is 0. The molecule has 6 rings (SSSR count). The monoisotopic (exact) mass is 758 g/mol. The first-order valence-electron chi connectivity index (χ1n) is 18.1. The predicted octanol–water partition coefficient (Wildman–Crippen LogP) is 11.5. The van der Waals surface area contributed by atoms with Crippen LogP contribution in [0.5, 0.6) is 17.2 Å². The number of ether oxygens (including phenoxy) is 2. The molecule has 54 heavy (non-hydrogen) atoms. The van der Waals surface area contributed by atoms with Crippen LogP contribution in [0.3, 0.4) is 0 Å². The van der Waals surface area contributed by atoms with E-state index in [0.29, 0.717) is 17.2 Å². The smallest absolute Gasteiger partial charge is 0.206 e. The van der Waals surface area contributed by atoms with Crippen molar-refractivity contribution in [3.63, 3.8) is 0 Å². The topological polar surface area (TPSA) is 86.7 Å². The molecule has 0 heterocycles. The van der Waals surface area contributed by atoms with E-state index in [2.05, 4.69) is 20.8 Å². The summed E-state index contributed by atoms with van der Waals surface area (Å²) in [5.41, 5.74) is 4.28. The molecule has 0 aliphatic rings. The van der Waals surface area contributed by atoms with Crippen molar-refractivity contribution in [3.8, 4) is 28.4 Å². The second kappa shape index (κ2) is 15.3. The number of hydrogen-bond acceptors (Lipinski definition) is 6. The van der Waals surface area contributed by atoms with Crippen LogP contribution in [-0.2, 0) is 30.7 Å². The Hall–Kier alpha value is -5.18. The van der Waals surface area contributed by atoms with Crippen LogP contribution in [0, 0.1) is 6.92 Å². The van der Waals surface area contributed by atoms with Crippen molar-refractivity contribution in [2.24, 2.45) is 0 Å². The van der Waals surface area contributed by atoms with E-state index in [0.717, 1.165) is 40.7 Å². The SMILES string of the molecule is CCC(C)(CC)c1ccc(S(=O)(=O)c2ccc(Oc3ccc(-c4ccc(OC(C)(C)c5ccc(S(=O)(=O)c6ccc(C)cc6)cc5)cc4)cc3)cc2)cc1. The van der Waals surface area contributed by atoms with Gasteiger partial charge in [0, 0.05) is 0 Å². The van der Waals surface area contributed by atoms with Gasteiger partial charge in [-0.2, -0.15) is 0 Å². The van der Waals surface area contributed by atoms with Gasteiger partial charge in [0.25, 0.3) is 0 Å². The Kier molecular flexibility index (Phi) is 10.9. The Labute approximate surface area is 320 Å². The molecule has 0 aliphatic heterocycles. The van der Waals surface area contributed by atoms with E-state index in [1.165, 1.54) is 0 Å². The summed E-state index contributed by atoms with van der Waals surface area (Å²) in [4.78, 5) is 0.985. The third-order valence-corrected chi connectivity index (χ3v) is 14.0. The molecular weight excluding hydrogens is 713 g/mol. The molecule has 6 nitrogen and oxygen atoms in total. The van der Waals surface area contributed by atoms with Gasteiger partial charge in [0.1, 0.15) is 22.8 Å². The van der Waals surface area contributed by atoms with E-state index in [1.807, 2.05) is 81.4 Å². The van der Waals surface area contributed by atoms with E-state index in [9.17, 15) is 16.8 Å². The molecule has 0 amide bonds. The molecule has 6 aromatic rings. The standard InChI is InChI=1S/C46H46O6S2/c1-7-46(6,8-2)37-17-29-43(30-18-37)54(49,50)44-31-23-39(24-32-44)51-38-19-11-34(12-20-38)35-13-21-40(22-14-35)52-45(4,5)36-15-27-42(28-16-36)53(47,48)41-25-9-33(3)10-26-41/h9-32H,7-8H2,1-6H3. The Balaban J connectivity index is 1.07. The van der Waals surface area contributed by atoms with Crippen molar-refractivity contribution in [2.45, 2.75) is 85.0 Å². The summed E-state index contributed by atoms with van der Waals surface area (Å²) in [6.45, 7) is 12.3. The fourth-order valence-corrected chi connectivity index (χ4v) is 8.85. The molecule has 0 spiro atoms. The van der Waals surface area contributed by atoms with Crippen LogP contribution in [-0.4, -0.2) is 16.8 Å². The molecule has 0 N–H and O–H groups in total. The predicted molar refractivity (Wildman–Crippen MR) is 215 cm³/mol. The minimum Gasteiger partial charge on any atom is -0.483 e. The lowest BCUT2D eigenvalue weighted by Crippen LogP contribution is -2.25. The van der Waals surface area contributed by atoms with E-state index in [4.69, 9.17) is 9.47 Å². The molecule has 278 valence electrons. The highest BCUT2D eigenvalue weighted by Crippen LogP contribution is 2.34. The summed E-state index contributed by atoms with van der Waals surface area (Å²) < 4.78 is 65.3. The summed E-state index contributed by atoms with van der Waals surface area (Å²) in [6.07, 6.45) is 1.96. The number of hydrogen-bond donors (Lipinski definition) is 0. The lowest BCUT2D eigenvalue weighted by Gasteiger charge is -2.27. The zero-order chi connectivity index (χ0) is 38.7. The van der Waals surface area contributed by atoms with Gasteiger partial charge >= 0.3 is 0 Å². The van der Waals surface area contributed by atoms with E-state index in [1.54, 1.807) is 84.9 Å². The first kappa shape index (κ1) is 38.5. The number of benzene rings is 6. The van der Waals surface area contributed by atoms with Gasteiger partial charge in [-0.25, -0.2) is 16.8 Å². The van der Waals surface area contributed by atoms with Gasteiger partial charge < -0.3 is 9.47 Å². The molecule has 0 aromatic heterocycles. The van der Waals surface area contributed by atoms with Gasteiger partial charge in [-0.15, -0.1) is 0 Å². The van der Waals surface area contributed by atoms with Crippen LogP contribution in [0.15, 0.2) is 165 Å². The lowest BCUT2D eigenvalue weighted by molar-refractivity contribution is 0.109. The van der Waals surface area contributed by atoms with Gasteiger partial charge in [-0.1, -0.05) is 87.0 Å². The van der Waals surface area contributed by atoms with Gasteiger partial charge in [-0.3, -0.25) is 0 Å². The van der Waals surface area contributed by atoms with Crippen LogP contribution in [0.25, 0.3) is 11.1 Å². The average Bonchev–Trinajstić information content (AvgIpc) is 3.18. The summed E-state index contributed by atoms with van der Waals surface area (Å²) >= 11 is 0. The Morgan fingerprint density at radius 3 is 1.19 bits per heavy atom. The van der Waals surface area contributed by atoms with Crippen LogP contribution in [0.2, 0.25) is 0 Å². The number of rotatable bonds is 13. The second-order valence-electron chi connectivity index (χ2n) is 14.4. The van der Waals surface area contributed by atoms with Crippen molar-refractivity contribution in [3.05, 3.63) is 162 Å². The largest absolute Gasteiger partial charge is 0.483 e. The first-order valence-corrected chi connectivity index (χ1v) is 21.1. The molecule has 8 heteroatoms. The highest BCUT2D eigenvalue weighted by Gasteiger charge is 2.26. The Morgan fingerprint density at radius 1 is 0.444 bits per heavy atom. The molecule has 6 aromatic carbocycles. The lowest BCUT2D eigenvalue weighted by atomic mass is 9.78. The van der Waals surface area contributed by atoms with E-state index < -0.39 is 25.3 Å². The van der Waals surface area contributed by atoms with Gasteiger partial charge in [0.15, 0.2) is 0 Å². The van der Waals surface area contributed by atoms with E-state index >= 15 is 0 Å². The first-order chi connectivity index (χ1) is 25.6. The molecule has 0 saturated carbocycles. The fourth-order valence-electron chi connectivity index (χ4n) is 6.33. The highest BCUT2D eigenvalue weighted by atomic mass is 32.2. The fraction of sp³-hybridized carbons (Fsp3) is 0.217. The van der Waals surface area contributed by atoms with Crippen molar-refractivity contribution in [2.75, 3.05) is 0 Å². The number of sulfone groups is 2. The summed E-state index contributed by atoms with van der Waals surface area (Å²) in [7, 11) is -7.29. The van der Waals surface area contributed by atoms with E-state index in [-0.39, 0.29) is 25.0 Å². The van der Waals surface area contributed by atoms with Crippen LogP contribution >= 0.6 is 0 Å². The van der Waals surface area contributed by atoms with Crippen molar-refractivity contribution in [1.29, 1.82) is 0 Å². The van der Waals surface area contributed by atoms with Gasteiger partial charge in [0.05, 0.1) is 19.6 Å². The third kappa shape index (κ3) is 8.15. The molecule has 0 aliphatic carbocycles. The van der Waals surface area contributed by atoms with Crippen molar-refractivity contribution in [1.82, 2.24) is 0 Å². The maximum Gasteiger partial charge on any atom is 0.206 e. The van der Waals surface area contributed by atoms with Crippen LogP contribution in [0.4, 0.5) is 0 Å². The highest BCUT2D eigenvalue weighted by molar-refractivity contribution is 7.91. The maximum atomic E-state index is 13.4. The molecule has 0 fully saturated rings. The van der Waals surface area contributed by atoms with Crippen molar-refractivity contribution >= 4 is 19.7 Å². The maximum absolute atomic E-state index is 13.4. The second-order valence-corrected chi connectivity index (χ2v) is 18.3. The third-order valence-electron chi connectivity index (χ3n) is 10.4. The zero-order valence-electron chi connectivity index (χ0n) is 31.5. The summed E-state index contributed by atoms with van der Waals surface area (Å²) in [6, 6.07) is 42.9. The van der Waals surface area contributed by atoms with Gasteiger partial charge in [0.2, 0.25) is 19.7 Å². The average molecular weight is 759 g/mol. The minimum atomic E-state index is -3.67. The summed E-state index contributed by atoms with van der Waals surface area (Å²) in [5.74, 6) is 1.84. The quantitative estimate of drug-likeness (QED) is 0.117. The molecule has 0 atom stereocenters. The Bertz CT molecular complexity index is 2410. The molecule has 0 saturated heterocycles. The zero-order valence-corrected chi connectivity index (χ0v) is 33.2. The molecule has 0 bridgehead atoms. The molecule has 0 radical (unpaired) electrons. The van der Waals surface area contributed by atoms with Crippen molar-refractivity contribution < 1.29 is 26.3 Å². The minimum absolute atomic E-state index is 0.0206.